The van der Waals surface area contributed by atoms with Gasteiger partial charge in [-0.2, -0.15) is 13.2 Å². The fraction of sp³-hybridized carbons (Fsp3) is 0.316. The van der Waals surface area contributed by atoms with E-state index in [1.807, 2.05) is 18.2 Å². The van der Waals surface area contributed by atoms with E-state index in [0.29, 0.717) is 12.1 Å². The van der Waals surface area contributed by atoms with Crippen molar-refractivity contribution in [2.45, 2.75) is 24.6 Å². The van der Waals surface area contributed by atoms with Crippen molar-refractivity contribution in [3.8, 4) is 0 Å². The van der Waals surface area contributed by atoms with Crippen LogP contribution in [0.1, 0.15) is 28.3 Å². The average Bonchev–Trinajstić information content (AvgIpc) is 2.69. The maximum Gasteiger partial charge on any atom is 0.490 e. The van der Waals surface area contributed by atoms with E-state index in [2.05, 4.69) is 22.4 Å². The van der Waals surface area contributed by atoms with Gasteiger partial charge in [0.25, 0.3) is 0 Å². The van der Waals surface area contributed by atoms with Gasteiger partial charge in [-0.15, -0.1) is 0 Å². The molecule has 1 saturated heterocycles. The minimum absolute atomic E-state index is 0.137. The number of benzene rings is 1. The first-order chi connectivity index (χ1) is 13.3. The van der Waals surface area contributed by atoms with Gasteiger partial charge in [-0.1, -0.05) is 30.3 Å². The van der Waals surface area contributed by atoms with Crippen LogP contribution in [0.4, 0.5) is 13.2 Å². The molecule has 0 saturated carbocycles. The van der Waals surface area contributed by atoms with E-state index in [1.54, 1.807) is 24.5 Å². The van der Waals surface area contributed by atoms with Crippen molar-refractivity contribution in [1.82, 2.24) is 10.3 Å². The third-order valence-electron chi connectivity index (χ3n) is 4.07. The number of carboxylic acid groups (broad SMARTS) is 1. The van der Waals surface area contributed by atoms with Crippen LogP contribution in [0.15, 0.2) is 54.9 Å². The van der Waals surface area contributed by atoms with Crippen molar-refractivity contribution < 1.29 is 32.6 Å². The molecule has 1 fully saturated rings. The minimum atomic E-state index is -5.08. The summed E-state index contributed by atoms with van der Waals surface area (Å²) in [7, 11) is 0. The number of hydrogen-bond donors (Lipinski definition) is 2. The van der Waals surface area contributed by atoms with Crippen molar-refractivity contribution in [3.63, 3.8) is 0 Å². The molecule has 0 spiro atoms. The molecule has 2 N–H and O–H groups in total. The van der Waals surface area contributed by atoms with Gasteiger partial charge >= 0.3 is 18.1 Å². The summed E-state index contributed by atoms with van der Waals surface area (Å²) < 4.78 is 37.5. The summed E-state index contributed by atoms with van der Waals surface area (Å²) in [5, 5.41) is 10.4. The van der Waals surface area contributed by atoms with Gasteiger partial charge in [0.2, 0.25) is 0 Å². The van der Waals surface area contributed by atoms with Crippen LogP contribution in [0.5, 0.6) is 0 Å². The lowest BCUT2D eigenvalue weighted by Crippen LogP contribution is -2.42. The number of nitrogens with zero attached hydrogens (tertiary/aromatic N) is 1. The van der Waals surface area contributed by atoms with Crippen molar-refractivity contribution in [1.29, 1.82) is 0 Å². The standard InChI is InChI=1S/C17H18N2O2.C2HF3O2/c20-17(14-6-9-18-10-7-14)21-16-12-19-11-8-15(16)13-4-2-1-3-5-13;3-2(4,5)1(6)7/h1-7,9-10,15-16,19H,8,11-12H2;(H,6,7)/t15?,16-;/m0./s1. The Morgan fingerprint density at radius 3 is 2.29 bits per heavy atom. The quantitative estimate of drug-likeness (QED) is 0.776. The summed E-state index contributed by atoms with van der Waals surface area (Å²) in [5.74, 6) is -2.79. The number of hydrogen-bond acceptors (Lipinski definition) is 5. The molecular weight excluding hydrogens is 377 g/mol. The zero-order chi connectivity index (χ0) is 20.6. The topological polar surface area (TPSA) is 88.5 Å². The molecule has 0 amide bonds. The predicted octanol–water partition coefficient (Wildman–Crippen LogP) is 3.02. The Bertz CT molecular complexity index is 770. The maximum atomic E-state index is 12.2. The first-order valence-electron chi connectivity index (χ1n) is 8.46. The van der Waals surface area contributed by atoms with Crippen LogP contribution in [0, 0.1) is 0 Å². The number of nitrogens with one attached hydrogen (secondary N) is 1. The van der Waals surface area contributed by atoms with Crippen LogP contribution < -0.4 is 5.32 Å². The van der Waals surface area contributed by atoms with Crippen LogP contribution in [-0.4, -0.2) is 47.4 Å². The molecule has 1 aliphatic heterocycles. The number of carbonyl (C=O) groups excluding carboxylic acids is 1. The Hall–Kier alpha value is -2.94. The zero-order valence-electron chi connectivity index (χ0n) is 14.7. The molecule has 1 aliphatic rings. The maximum absolute atomic E-state index is 12.2. The minimum Gasteiger partial charge on any atom is -0.475 e. The number of carboxylic acids is 1. The van der Waals surface area contributed by atoms with Gasteiger partial charge < -0.3 is 15.2 Å². The van der Waals surface area contributed by atoms with E-state index in [4.69, 9.17) is 14.6 Å². The fourth-order valence-corrected chi connectivity index (χ4v) is 2.73. The molecule has 9 heteroatoms. The van der Waals surface area contributed by atoms with E-state index in [1.165, 1.54) is 5.56 Å². The average molecular weight is 396 g/mol. The lowest BCUT2D eigenvalue weighted by molar-refractivity contribution is -0.192. The summed E-state index contributed by atoms with van der Waals surface area (Å²) in [4.78, 5) is 25.0. The number of pyridine rings is 1. The second kappa shape index (κ2) is 9.84. The highest BCUT2D eigenvalue weighted by Gasteiger charge is 2.38. The first kappa shape index (κ1) is 21.4. The Kier molecular flexibility index (Phi) is 7.51. The number of halogens is 3. The van der Waals surface area contributed by atoms with Gasteiger partial charge in [0.05, 0.1) is 5.56 Å². The molecule has 150 valence electrons. The van der Waals surface area contributed by atoms with Gasteiger partial charge in [-0.25, -0.2) is 9.59 Å². The van der Waals surface area contributed by atoms with E-state index in [-0.39, 0.29) is 18.0 Å². The Labute approximate surface area is 159 Å². The number of carbonyl (C=O) groups is 2. The number of ether oxygens (including phenoxy) is 1. The fourth-order valence-electron chi connectivity index (χ4n) is 2.73. The Balaban J connectivity index is 0.000000345. The summed E-state index contributed by atoms with van der Waals surface area (Å²) in [6.07, 6.45) is -1.05. The third-order valence-corrected chi connectivity index (χ3v) is 4.07. The number of aliphatic carboxylic acids is 1. The largest absolute Gasteiger partial charge is 0.490 e. The van der Waals surface area contributed by atoms with E-state index in [9.17, 15) is 18.0 Å². The van der Waals surface area contributed by atoms with Crippen LogP contribution in [0.2, 0.25) is 0 Å². The molecule has 2 aromatic rings. The van der Waals surface area contributed by atoms with Gasteiger partial charge in [0, 0.05) is 24.9 Å². The van der Waals surface area contributed by atoms with E-state index < -0.39 is 12.1 Å². The highest BCUT2D eigenvalue weighted by molar-refractivity contribution is 5.89. The highest BCUT2D eigenvalue weighted by atomic mass is 19.4. The smallest absolute Gasteiger partial charge is 0.475 e. The molecule has 0 bridgehead atoms. The molecule has 2 atom stereocenters. The van der Waals surface area contributed by atoms with Gasteiger partial charge in [-0.05, 0) is 30.7 Å². The summed E-state index contributed by atoms with van der Waals surface area (Å²) in [5.41, 5.74) is 1.77. The van der Waals surface area contributed by atoms with Crippen LogP contribution >= 0.6 is 0 Å². The second-order valence-corrected chi connectivity index (χ2v) is 5.99. The molecule has 1 aromatic carbocycles. The molecule has 0 aliphatic carbocycles. The number of alkyl halides is 3. The van der Waals surface area contributed by atoms with Gasteiger partial charge in [-0.3, -0.25) is 4.98 Å². The van der Waals surface area contributed by atoms with Crippen LogP contribution in [0.3, 0.4) is 0 Å². The SMILES string of the molecule is O=C(O)C(F)(F)F.O=C(O[C@H]1CNCCC1c1ccccc1)c1ccncc1. The molecule has 0 radical (unpaired) electrons. The molecule has 1 unspecified atom stereocenters. The highest BCUT2D eigenvalue weighted by Crippen LogP contribution is 2.28. The molecule has 6 nitrogen and oxygen atoms in total. The Morgan fingerprint density at radius 2 is 1.71 bits per heavy atom. The van der Waals surface area contributed by atoms with Crippen molar-refractivity contribution in [2.75, 3.05) is 13.1 Å². The van der Waals surface area contributed by atoms with Gasteiger partial charge in [0.1, 0.15) is 6.10 Å². The lowest BCUT2D eigenvalue weighted by Gasteiger charge is -2.32. The lowest BCUT2D eigenvalue weighted by atomic mass is 9.88. The van der Waals surface area contributed by atoms with Crippen molar-refractivity contribution >= 4 is 11.9 Å². The molecule has 1 aromatic heterocycles. The van der Waals surface area contributed by atoms with Gasteiger partial charge in [0.15, 0.2) is 0 Å². The normalized spacial score (nSPS) is 19.1. The number of rotatable bonds is 3. The Morgan fingerprint density at radius 1 is 1.11 bits per heavy atom. The van der Waals surface area contributed by atoms with Crippen LogP contribution in [0.25, 0.3) is 0 Å². The molecule has 28 heavy (non-hydrogen) atoms. The van der Waals surface area contributed by atoms with Crippen molar-refractivity contribution in [2.24, 2.45) is 0 Å². The predicted molar refractivity (Wildman–Crippen MR) is 93.8 cm³/mol. The van der Waals surface area contributed by atoms with E-state index >= 15 is 0 Å². The molecular formula is C19H19F3N2O4. The van der Waals surface area contributed by atoms with Crippen LogP contribution in [-0.2, 0) is 9.53 Å². The molecule has 3 rings (SSSR count). The number of piperidine rings is 1. The summed E-state index contributed by atoms with van der Waals surface area (Å²) >= 11 is 0. The summed E-state index contributed by atoms with van der Waals surface area (Å²) in [6, 6.07) is 13.6. The first-order valence-corrected chi connectivity index (χ1v) is 8.46. The molecule has 2 heterocycles. The summed E-state index contributed by atoms with van der Waals surface area (Å²) in [6.45, 7) is 1.64. The van der Waals surface area contributed by atoms with Crippen molar-refractivity contribution in [3.05, 3.63) is 66.0 Å². The monoisotopic (exact) mass is 396 g/mol. The number of esters is 1. The second-order valence-electron chi connectivity index (χ2n) is 5.99. The third kappa shape index (κ3) is 6.34. The number of aromatic nitrogens is 1. The zero-order valence-corrected chi connectivity index (χ0v) is 14.7. The van der Waals surface area contributed by atoms with E-state index in [0.717, 1.165) is 13.0 Å².